The van der Waals surface area contributed by atoms with Crippen molar-refractivity contribution in [3.05, 3.63) is 34.1 Å². The van der Waals surface area contributed by atoms with E-state index in [1.807, 2.05) is 6.92 Å². The molecule has 1 rings (SSSR count). The van der Waals surface area contributed by atoms with E-state index >= 15 is 0 Å². The molecule has 1 aromatic carbocycles. The number of benzene rings is 1. The minimum atomic E-state index is -0.316. The topological polar surface area (TPSA) is 38.3 Å². The fourth-order valence-electron chi connectivity index (χ4n) is 1.60. The Labute approximate surface area is 115 Å². The Kier molecular flexibility index (Phi) is 6.29. The lowest BCUT2D eigenvalue weighted by Crippen LogP contribution is -2.26. The summed E-state index contributed by atoms with van der Waals surface area (Å²) in [4.78, 5) is 11.6. The van der Waals surface area contributed by atoms with Gasteiger partial charge < -0.3 is 10.1 Å². The van der Waals surface area contributed by atoms with Crippen molar-refractivity contribution in [2.45, 2.75) is 19.9 Å². The van der Waals surface area contributed by atoms with Gasteiger partial charge in [0.1, 0.15) is 5.82 Å². The van der Waals surface area contributed by atoms with Crippen molar-refractivity contribution in [3.63, 3.8) is 0 Å². The van der Waals surface area contributed by atoms with Gasteiger partial charge >= 0.3 is 0 Å². The summed E-state index contributed by atoms with van der Waals surface area (Å²) >= 11 is 3.27. The van der Waals surface area contributed by atoms with E-state index in [0.29, 0.717) is 18.6 Å². The van der Waals surface area contributed by atoms with E-state index in [0.717, 1.165) is 4.47 Å². The molecule has 0 saturated carbocycles. The molecule has 100 valence electrons. The van der Waals surface area contributed by atoms with E-state index in [9.17, 15) is 9.18 Å². The molecule has 1 aromatic rings. The first-order chi connectivity index (χ1) is 8.52. The molecule has 3 nitrogen and oxygen atoms in total. The van der Waals surface area contributed by atoms with Gasteiger partial charge in [-0.25, -0.2) is 4.39 Å². The molecule has 1 N–H and O–H groups in total. The van der Waals surface area contributed by atoms with Crippen LogP contribution >= 0.6 is 15.9 Å². The predicted molar refractivity (Wildman–Crippen MR) is 71.6 cm³/mol. The lowest BCUT2D eigenvalue weighted by molar-refractivity contribution is -0.122. The van der Waals surface area contributed by atoms with Gasteiger partial charge in [-0.3, -0.25) is 4.79 Å². The van der Waals surface area contributed by atoms with E-state index in [-0.39, 0.29) is 24.2 Å². The van der Waals surface area contributed by atoms with Crippen molar-refractivity contribution in [1.29, 1.82) is 0 Å². The third-order valence-electron chi connectivity index (χ3n) is 2.47. The van der Waals surface area contributed by atoms with Gasteiger partial charge in [-0.15, -0.1) is 0 Å². The van der Waals surface area contributed by atoms with E-state index in [1.54, 1.807) is 19.2 Å². The number of halogens is 2. The van der Waals surface area contributed by atoms with Gasteiger partial charge in [-0.1, -0.05) is 22.9 Å². The summed E-state index contributed by atoms with van der Waals surface area (Å²) in [7, 11) is 1.60. The maximum absolute atomic E-state index is 13.4. The molecule has 0 fully saturated rings. The van der Waals surface area contributed by atoms with Crippen LogP contribution < -0.4 is 5.32 Å². The van der Waals surface area contributed by atoms with Crippen LogP contribution in [0.4, 0.5) is 4.39 Å². The fraction of sp³-hybridized carbons (Fsp3) is 0.462. The predicted octanol–water partition coefficient (Wildman–Crippen LogP) is 2.88. The van der Waals surface area contributed by atoms with Crippen LogP contribution in [0.25, 0.3) is 0 Å². The third-order valence-corrected chi connectivity index (χ3v) is 2.96. The molecule has 0 bridgehead atoms. The van der Waals surface area contributed by atoms with Crippen molar-refractivity contribution in [3.8, 4) is 0 Å². The zero-order valence-corrected chi connectivity index (χ0v) is 12.1. The lowest BCUT2D eigenvalue weighted by Gasteiger charge is -2.11. The maximum atomic E-state index is 13.4. The minimum absolute atomic E-state index is 0.0982. The molecule has 0 aliphatic heterocycles. The summed E-state index contributed by atoms with van der Waals surface area (Å²) in [6, 6.07) is 4.66. The van der Waals surface area contributed by atoms with Gasteiger partial charge in [0.25, 0.3) is 0 Å². The van der Waals surface area contributed by atoms with Gasteiger partial charge in [0.2, 0.25) is 5.91 Å². The maximum Gasteiger partial charge on any atom is 0.220 e. The summed E-state index contributed by atoms with van der Waals surface area (Å²) in [6.07, 6.45) is 0.378. The molecule has 18 heavy (non-hydrogen) atoms. The van der Waals surface area contributed by atoms with Gasteiger partial charge in [0, 0.05) is 36.7 Å². The van der Waals surface area contributed by atoms with Crippen LogP contribution in [-0.4, -0.2) is 19.6 Å². The largest absolute Gasteiger partial charge is 0.384 e. The highest BCUT2D eigenvalue weighted by atomic mass is 79.9. The molecule has 1 amide bonds. The number of hydrogen-bond donors (Lipinski definition) is 1. The summed E-state index contributed by atoms with van der Waals surface area (Å²) < 4.78 is 19.2. The number of nitrogens with one attached hydrogen (secondary N) is 1. The number of amides is 1. The molecule has 1 unspecified atom stereocenters. The molecule has 1 atom stereocenters. The normalized spacial score (nSPS) is 12.2. The number of ether oxygens (including phenoxy) is 1. The van der Waals surface area contributed by atoms with Crippen LogP contribution in [0.15, 0.2) is 22.7 Å². The molecule has 0 spiro atoms. The SMILES string of the molecule is COCC(C)CC(=O)NCc1cc(Br)ccc1F. The van der Waals surface area contributed by atoms with Gasteiger partial charge in [-0.2, -0.15) is 0 Å². The minimum Gasteiger partial charge on any atom is -0.384 e. The van der Waals surface area contributed by atoms with Crippen LogP contribution in [0.5, 0.6) is 0 Å². The second-order valence-electron chi connectivity index (χ2n) is 4.28. The van der Waals surface area contributed by atoms with Crippen molar-refractivity contribution >= 4 is 21.8 Å². The summed E-state index contributed by atoms with van der Waals surface area (Å²) in [6.45, 7) is 2.67. The first-order valence-corrected chi connectivity index (χ1v) is 6.51. The summed E-state index contributed by atoms with van der Waals surface area (Å²) in [5.41, 5.74) is 0.470. The third kappa shape index (κ3) is 5.14. The van der Waals surface area contributed by atoms with Crippen molar-refractivity contribution in [2.24, 2.45) is 5.92 Å². The Bertz CT molecular complexity index is 412. The summed E-state index contributed by atoms with van der Waals surface area (Å²) in [5.74, 6) is -0.260. The van der Waals surface area contributed by atoms with Crippen LogP contribution in [-0.2, 0) is 16.1 Å². The Hall–Kier alpha value is -0.940. The number of hydrogen-bond acceptors (Lipinski definition) is 2. The average Bonchev–Trinajstić information content (AvgIpc) is 2.30. The highest BCUT2D eigenvalue weighted by Crippen LogP contribution is 2.15. The van der Waals surface area contributed by atoms with E-state index < -0.39 is 0 Å². The molecule has 0 radical (unpaired) electrons. The van der Waals surface area contributed by atoms with E-state index in [4.69, 9.17) is 4.74 Å². The zero-order valence-electron chi connectivity index (χ0n) is 10.5. The number of methoxy groups -OCH3 is 1. The molecular formula is C13H17BrFNO2. The molecule has 0 aromatic heterocycles. The second-order valence-corrected chi connectivity index (χ2v) is 5.19. The monoisotopic (exact) mass is 317 g/mol. The van der Waals surface area contributed by atoms with Crippen LogP contribution in [0.1, 0.15) is 18.9 Å². The summed E-state index contributed by atoms with van der Waals surface area (Å²) in [5, 5.41) is 2.70. The zero-order chi connectivity index (χ0) is 13.5. The molecule has 0 aliphatic carbocycles. The van der Waals surface area contributed by atoms with Crippen LogP contribution in [0, 0.1) is 11.7 Å². The van der Waals surface area contributed by atoms with Gasteiger partial charge in [0.15, 0.2) is 0 Å². The fourth-order valence-corrected chi connectivity index (χ4v) is 2.01. The second kappa shape index (κ2) is 7.48. The van der Waals surface area contributed by atoms with Crippen molar-refractivity contribution in [2.75, 3.05) is 13.7 Å². The van der Waals surface area contributed by atoms with Crippen LogP contribution in [0.2, 0.25) is 0 Å². The molecule has 0 aliphatic rings. The van der Waals surface area contributed by atoms with E-state index in [2.05, 4.69) is 21.2 Å². The van der Waals surface area contributed by atoms with Crippen molar-refractivity contribution < 1.29 is 13.9 Å². The van der Waals surface area contributed by atoms with Crippen molar-refractivity contribution in [1.82, 2.24) is 5.32 Å². The Morgan fingerprint density at radius 3 is 2.94 bits per heavy atom. The van der Waals surface area contributed by atoms with Crippen LogP contribution in [0.3, 0.4) is 0 Å². The standard InChI is InChI=1S/C13H17BrFNO2/c1-9(8-18-2)5-13(17)16-7-10-6-11(14)3-4-12(10)15/h3-4,6,9H,5,7-8H2,1-2H3,(H,16,17). The van der Waals surface area contributed by atoms with E-state index in [1.165, 1.54) is 6.07 Å². The number of carbonyl (C=O) groups excluding carboxylic acids is 1. The lowest BCUT2D eigenvalue weighted by atomic mass is 10.1. The average molecular weight is 318 g/mol. The Morgan fingerprint density at radius 1 is 1.56 bits per heavy atom. The molecule has 5 heteroatoms. The number of rotatable bonds is 6. The first-order valence-electron chi connectivity index (χ1n) is 5.72. The Morgan fingerprint density at radius 2 is 2.28 bits per heavy atom. The molecular weight excluding hydrogens is 301 g/mol. The Balaban J connectivity index is 2.45. The molecule has 0 saturated heterocycles. The quantitative estimate of drug-likeness (QED) is 0.876. The van der Waals surface area contributed by atoms with Gasteiger partial charge in [-0.05, 0) is 24.1 Å². The van der Waals surface area contributed by atoms with Gasteiger partial charge in [0.05, 0.1) is 0 Å². The number of carbonyl (C=O) groups is 1. The molecule has 0 heterocycles. The first kappa shape index (κ1) is 15.1. The smallest absolute Gasteiger partial charge is 0.220 e. The highest BCUT2D eigenvalue weighted by Gasteiger charge is 2.10. The highest BCUT2D eigenvalue weighted by molar-refractivity contribution is 9.10.